The largest absolute Gasteiger partial charge is 0.351 e. The van der Waals surface area contributed by atoms with Crippen molar-refractivity contribution in [1.82, 2.24) is 20.4 Å². The van der Waals surface area contributed by atoms with Gasteiger partial charge >= 0.3 is 0 Å². The Morgan fingerprint density at radius 3 is 2.37 bits per heavy atom. The van der Waals surface area contributed by atoms with Gasteiger partial charge in [-0.2, -0.15) is 5.10 Å². The first-order valence-electron chi connectivity index (χ1n) is 10.3. The van der Waals surface area contributed by atoms with Gasteiger partial charge in [0.1, 0.15) is 5.69 Å². The van der Waals surface area contributed by atoms with Gasteiger partial charge in [-0.3, -0.25) is 9.48 Å². The predicted molar refractivity (Wildman–Crippen MR) is 123 cm³/mol. The van der Waals surface area contributed by atoms with E-state index >= 15 is 0 Å². The molecule has 1 amide bonds. The molecule has 0 spiro atoms. The number of nitrogens with one attached hydrogen (secondary N) is 2. The topological polar surface area (TPSA) is 59.0 Å². The lowest BCUT2D eigenvalue weighted by molar-refractivity contribution is 0.0923. The summed E-state index contributed by atoms with van der Waals surface area (Å²) in [5.41, 5.74) is 3.62. The van der Waals surface area contributed by atoms with Crippen LogP contribution in [0, 0.1) is 5.41 Å². The molecule has 158 valence electrons. The van der Waals surface area contributed by atoms with Crippen LogP contribution in [0.15, 0.2) is 66.9 Å². The van der Waals surface area contributed by atoms with Crippen LogP contribution >= 0.6 is 12.4 Å². The van der Waals surface area contributed by atoms with E-state index < -0.39 is 0 Å². The fourth-order valence-electron chi connectivity index (χ4n) is 3.84. The maximum atomic E-state index is 13.1. The summed E-state index contributed by atoms with van der Waals surface area (Å²) in [5.74, 6) is -0.0528. The SMILES string of the molecule is CC1(CNC(=O)c2cn(Cc3ccccc3)nc2-c2ccccc2)CCNCC1.Cl. The van der Waals surface area contributed by atoms with Crippen LogP contribution in [0.1, 0.15) is 35.7 Å². The third-order valence-corrected chi connectivity index (χ3v) is 5.73. The predicted octanol–water partition coefficient (Wildman–Crippen LogP) is 4.14. The van der Waals surface area contributed by atoms with Crippen molar-refractivity contribution in [3.63, 3.8) is 0 Å². The van der Waals surface area contributed by atoms with Gasteiger partial charge in [0.2, 0.25) is 0 Å². The van der Waals surface area contributed by atoms with E-state index in [2.05, 4.69) is 29.7 Å². The number of piperidine rings is 1. The average Bonchev–Trinajstić information content (AvgIpc) is 3.18. The summed E-state index contributed by atoms with van der Waals surface area (Å²) in [4.78, 5) is 13.1. The number of benzene rings is 2. The maximum Gasteiger partial charge on any atom is 0.255 e. The molecule has 1 aliphatic rings. The van der Waals surface area contributed by atoms with E-state index in [4.69, 9.17) is 5.10 Å². The molecule has 2 heterocycles. The Balaban J connectivity index is 0.00000256. The van der Waals surface area contributed by atoms with Gasteiger partial charge in [0.25, 0.3) is 5.91 Å². The van der Waals surface area contributed by atoms with Gasteiger partial charge in [-0.05, 0) is 36.9 Å². The first-order valence-corrected chi connectivity index (χ1v) is 10.3. The van der Waals surface area contributed by atoms with E-state index in [0.717, 1.165) is 42.8 Å². The van der Waals surface area contributed by atoms with E-state index in [1.54, 1.807) is 0 Å². The first kappa shape index (κ1) is 22.1. The van der Waals surface area contributed by atoms with E-state index in [1.165, 1.54) is 0 Å². The zero-order valence-corrected chi connectivity index (χ0v) is 18.1. The molecular weight excluding hydrogens is 396 g/mol. The third kappa shape index (κ3) is 5.29. The lowest BCUT2D eigenvalue weighted by atomic mass is 9.81. The summed E-state index contributed by atoms with van der Waals surface area (Å²) in [5, 5.41) is 11.3. The van der Waals surface area contributed by atoms with Crippen molar-refractivity contribution in [3.05, 3.63) is 78.0 Å². The Morgan fingerprint density at radius 2 is 1.70 bits per heavy atom. The molecule has 4 rings (SSSR count). The van der Waals surface area contributed by atoms with E-state index in [1.807, 2.05) is 59.4 Å². The van der Waals surface area contributed by atoms with Crippen LogP contribution in [0.5, 0.6) is 0 Å². The van der Waals surface area contributed by atoms with Crippen LogP contribution in [-0.2, 0) is 6.54 Å². The van der Waals surface area contributed by atoms with Crippen molar-refractivity contribution in [3.8, 4) is 11.3 Å². The highest BCUT2D eigenvalue weighted by molar-refractivity contribution is 5.99. The van der Waals surface area contributed by atoms with Crippen LogP contribution in [0.4, 0.5) is 0 Å². The molecule has 5 nitrogen and oxygen atoms in total. The smallest absolute Gasteiger partial charge is 0.255 e. The Bertz CT molecular complexity index is 950. The molecule has 0 aliphatic carbocycles. The standard InChI is InChI=1S/C24H28N4O.ClH/c1-24(12-14-25-15-13-24)18-26-23(29)21-17-28(16-19-8-4-2-5-9-19)27-22(21)20-10-6-3-7-11-20;/h2-11,17,25H,12-16,18H2,1H3,(H,26,29);1H. The normalized spacial score (nSPS) is 15.2. The number of nitrogens with zero attached hydrogens (tertiary/aromatic N) is 2. The highest BCUT2D eigenvalue weighted by Crippen LogP contribution is 2.27. The minimum Gasteiger partial charge on any atom is -0.351 e. The molecule has 0 saturated carbocycles. The van der Waals surface area contributed by atoms with Gasteiger partial charge in [-0.25, -0.2) is 0 Å². The number of amides is 1. The highest BCUT2D eigenvalue weighted by atomic mass is 35.5. The second-order valence-corrected chi connectivity index (χ2v) is 8.18. The quantitative estimate of drug-likeness (QED) is 0.625. The molecule has 6 heteroatoms. The van der Waals surface area contributed by atoms with Crippen LogP contribution in [-0.4, -0.2) is 35.3 Å². The zero-order chi connectivity index (χ0) is 20.1. The zero-order valence-electron chi connectivity index (χ0n) is 17.3. The number of hydrogen-bond donors (Lipinski definition) is 2. The summed E-state index contributed by atoms with van der Waals surface area (Å²) >= 11 is 0. The lowest BCUT2D eigenvalue weighted by Crippen LogP contribution is -2.42. The molecule has 2 N–H and O–H groups in total. The van der Waals surface area contributed by atoms with Crippen molar-refractivity contribution in [2.75, 3.05) is 19.6 Å². The maximum absolute atomic E-state index is 13.1. The number of rotatable bonds is 6. The van der Waals surface area contributed by atoms with E-state index in [-0.39, 0.29) is 23.7 Å². The fraction of sp³-hybridized carbons (Fsp3) is 0.333. The van der Waals surface area contributed by atoms with Crippen LogP contribution < -0.4 is 10.6 Å². The van der Waals surface area contributed by atoms with Crippen molar-refractivity contribution >= 4 is 18.3 Å². The van der Waals surface area contributed by atoms with Gasteiger partial charge < -0.3 is 10.6 Å². The number of hydrogen-bond acceptors (Lipinski definition) is 3. The number of carbonyl (C=O) groups excluding carboxylic acids is 1. The summed E-state index contributed by atoms with van der Waals surface area (Å²) in [6.07, 6.45) is 4.02. The van der Waals surface area contributed by atoms with Crippen LogP contribution in [0.25, 0.3) is 11.3 Å². The molecule has 1 saturated heterocycles. The number of aromatic nitrogens is 2. The van der Waals surface area contributed by atoms with Gasteiger partial charge in [0.15, 0.2) is 0 Å². The first-order chi connectivity index (χ1) is 14.1. The molecule has 1 aromatic heterocycles. The molecular formula is C24H29ClN4O. The Kier molecular flexibility index (Phi) is 7.29. The monoisotopic (exact) mass is 424 g/mol. The molecule has 0 radical (unpaired) electrons. The average molecular weight is 425 g/mol. The summed E-state index contributed by atoms with van der Waals surface area (Å²) < 4.78 is 1.86. The van der Waals surface area contributed by atoms with E-state index in [0.29, 0.717) is 18.7 Å². The number of halogens is 1. The molecule has 1 fully saturated rings. The molecule has 0 unspecified atom stereocenters. The van der Waals surface area contributed by atoms with Crippen molar-refractivity contribution in [1.29, 1.82) is 0 Å². The Morgan fingerprint density at radius 1 is 1.07 bits per heavy atom. The number of carbonyl (C=O) groups is 1. The second-order valence-electron chi connectivity index (χ2n) is 8.18. The van der Waals surface area contributed by atoms with Crippen LogP contribution in [0.2, 0.25) is 0 Å². The van der Waals surface area contributed by atoms with Crippen molar-refractivity contribution in [2.45, 2.75) is 26.3 Å². The van der Waals surface area contributed by atoms with Crippen molar-refractivity contribution < 1.29 is 4.79 Å². The minimum atomic E-state index is -0.0528. The second kappa shape index (κ2) is 9.92. The van der Waals surface area contributed by atoms with Gasteiger partial charge in [-0.15, -0.1) is 12.4 Å². The van der Waals surface area contributed by atoms with Gasteiger partial charge in [-0.1, -0.05) is 67.6 Å². The minimum absolute atomic E-state index is 0. The van der Waals surface area contributed by atoms with Gasteiger partial charge in [0, 0.05) is 18.3 Å². The molecule has 2 aromatic carbocycles. The van der Waals surface area contributed by atoms with Gasteiger partial charge in [0.05, 0.1) is 12.1 Å². The third-order valence-electron chi connectivity index (χ3n) is 5.73. The lowest BCUT2D eigenvalue weighted by Gasteiger charge is -2.34. The summed E-state index contributed by atoms with van der Waals surface area (Å²) in [6.45, 7) is 5.60. The molecule has 0 bridgehead atoms. The molecule has 3 aromatic rings. The molecule has 1 aliphatic heterocycles. The Labute approximate surface area is 184 Å². The highest BCUT2D eigenvalue weighted by Gasteiger charge is 2.28. The van der Waals surface area contributed by atoms with Crippen LogP contribution in [0.3, 0.4) is 0 Å². The summed E-state index contributed by atoms with van der Waals surface area (Å²) in [6, 6.07) is 20.1. The molecule has 30 heavy (non-hydrogen) atoms. The Hall–Kier alpha value is -2.63. The summed E-state index contributed by atoms with van der Waals surface area (Å²) in [7, 11) is 0. The van der Waals surface area contributed by atoms with Crippen molar-refractivity contribution in [2.24, 2.45) is 5.41 Å². The van der Waals surface area contributed by atoms with E-state index in [9.17, 15) is 4.79 Å². The fourth-order valence-corrected chi connectivity index (χ4v) is 3.84. The molecule has 0 atom stereocenters.